The highest BCUT2D eigenvalue weighted by Gasteiger charge is 2.10. The lowest BCUT2D eigenvalue weighted by atomic mass is 10.1. The summed E-state index contributed by atoms with van der Waals surface area (Å²) >= 11 is 0. The Hall–Kier alpha value is -1.67. The molecule has 1 aromatic heterocycles. The third-order valence-electron chi connectivity index (χ3n) is 3.04. The fourth-order valence-corrected chi connectivity index (χ4v) is 2.11. The van der Waals surface area contributed by atoms with Crippen LogP contribution in [0.2, 0.25) is 0 Å². The second-order valence-electron chi connectivity index (χ2n) is 4.54. The summed E-state index contributed by atoms with van der Waals surface area (Å²) in [5.41, 5.74) is 1.12. The van der Waals surface area contributed by atoms with Crippen LogP contribution in [0.25, 0.3) is 0 Å². The highest BCUT2D eigenvalue weighted by atomic mass is 16.5. The Morgan fingerprint density at radius 2 is 2.11 bits per heavy atom. The molecule has 1 fully saturated rings. The van der Waals surface area contributed by atoms with Crippen molar-refractivity contribution in [2.75, 3.05) is 26.2 Å². The average Bonchev–Trinajstić information content (AvgIpc) is 2.39. The van der Waals surface area contributed by atoms with E-state index in [1.807, 2.05) is 13.0 Å². The molecule has 0 radical (unpaired) electrons. The zero-order valence-corrected chi connectivity index (χ0v) is 10.7. The van der Waals surface area contributed by atoms with Gasteiger partial charge in [-0.05, 0) is 38.9 Å². The van der Waals surface area contributed by atoms with E-state index in [1.165, 1.54) is 19.3 Å². The van der Waals surface area contributed by atoms with Crippen LogP contribution in [0.3, 0.4) is 0 Å². The van der Waals surface area contributed by atoms with Crippen molar-refractivity contribution < 1.29 is 4.74 Å². The largest absolute Gasteiger partial charge is 0.462 e. The van der Waals surface area contributed by atoms with Crippen molar-refractivity contribution in [2.45, 2.75) is 26.2 Å². The summed E-state index contributed by atoms with van der Waals surface area (Å²) in [6.45, 7) is 5.62. The molecule has 1 aromatic rings. The molecule has 1 aliphatic rings. The van der Waals surface area contributed by atoms with Crippen molar-refractivity contribution in [3.05, 3.63) is 17.5 Å². The zero-order valence-electron chi connectivity index (χ0n) is 10.7. The summed E-state index contributed by atoms with van der Waals surface area (Å²) in [6.07, 6.45) is 3.89. The van der Waals surface area contributed by atoms with Crippen molar-refractivity contribution in [1.82, 2.24) is 14.9 Å². The van der Waals surface area contributed by atoms with Gasteiger partial charge in [-0.15, -0.1) is 0 Å². The molecule has 5 heteroatoms. The summed E-state index contributed by atoms with van der Waals surface area (Å²) in [5.74, 6) is 0. The SMILES string of the molecule is Cc1cc(C#N)nc(OCCN2CCCCC2)n1. The summed E-state index contributed by atoms with van der Waals surface area (Å²) in [5, 5.41) is 8.81. The lowest BCUT2D eigenvalue weighted by Crippen LogP contribution is -2.33. The highest BCUT2D eigenvalue weighted by molar-refractivity contribution is 5.23. The molecule has 18 heavy (non-hydrogen) atoms. The Balaban J connectivity index is 1.82. The van der Waals surface area contributed by atoms with Gasteiger partial charge in [0.15, 0.2) is 0 Å². The molecule has 5 nitrogen and oxygen atoms in total. The first kappa shape index (κ1) is 12.8. The van der Waals surface area contributed by atoms with Gasteiger partial charge in [0.05, 0.1) is 0 Å². The molecule has 0 atom stereocenters. The van der Waals surface area contributed by atoms with Gasteiger partial charge in [-0.1, -0.05) is 6.42 Å². The van der Waals surface area contributed by atoms with Crippen molar-refractivity contribution in [1.29, 1.82) is 5.26 Å². The molecule has 2 rings (SSSR count). The number of nitrogens with zero attached hydrogens (tertiary/aromatic N) is 4. The van der Waals surface area contributed by atoms with Crippen LogP contribution in [0.15, 0.2) is 6.07 Å². The smallest absolute Gasteiger partial charge is 0.317 e. The minimum Gasteiger partial charge on any atom is -0.462 e. The Morgan fingerprint density at radius 3 is 2.83 bits per heavy atom. The molecule has 1 saturated heterocycles. The molecule has 0 unspecified atom stereocenters. The van der Waals surface area contributed by atoms with E-state index < -0.39 is 0 Å². The molecule has 0 aromatic carbocycles. The van der Waals surface area contributed by atoms with Gasteiger partial charge in [0, 0.05) is 12.2 Å². The van der Waals surface area contributed by atoms with Gasteiger partial charge in [-0.25, -0.2) is 4.98 Å². The molecule has 0 bridgehead atoms. The number of rotatable bonds is 4. The van der Waals surface area contributed by atoms with Crippen LogP contribution in [-0.4, -0.2) is 41.1 Å². The van der Waals surface area contributed by atoms with Crippen LogP contribution in [-0.2, 0) is 0 Å². The molecular formula is C13H18N4O. The number of piperidine rings is 1. The number of ether oxygens (including phenoxy) is 1. The van der Waals surface area contributed by atoms with Crippen LogP contribution in [0.1, 0.15) is 30.7 Å². The fraction of sp³-hybridized carbons (Fsp3) is 0.615. The number of hydrogen-bond donors (Lipinski definition) is 0. The molecule has 0 saturated carbocycles. The third kappa shape index (κ3) is 3.67. The molecule has 0 N–H and O–H groups in total. The van der Waals surface area contributed by atoms with Crippen molar-refractivity contribution >= 4 is 0 Å². The van der Waals surface area contributed by atoms with Crippen molar-refractivity contribution in [3.8, 4) is 12.1 Å². The first-order valence-corrected chi connectivity index (χ1v) is 6.39. The molecule has 0 spiro atoms. The lowest BCUT2D eigenvalue weighted by molar-refractivity contribution is 0.177. The third-order valence-corrected chi connectivity index (χ3v) is 3.04. The quantitative estimate of drug-likeness (QED) is 0.806. The molecule has 1 aliphatic heterocycles. The van der Waals surface area contributed by atoms with Crippen molar-refractivity contribution in [2.24, 2.45) is 0 Å². The fourth-order valence-electron chi connectivity index (χ4n) is 2.11. The second-order valence-corrected chi connectivity index (χ2v) is 4.54. The van der Waals surface area contributed by atoms with E-state index in [2.05, 4.69) is 14.9 Å². The van der Waals surface area contributed by atoms with Gasteiger partial charge in [-0.2, -0.15) is 10.2 Å². The van der Waals surface area contributed by atoms with E-state index in [-0.39, 0.29) is 0 Å². The van der Waals surface area contributed by atoms with Gasteiger partial charge in [-0.3, -0.25) is 4.90 Å². The van der Waals surface area contributed by atoms with Crippen LogP contribution in [0, 0.1) is 18.3 Å². The van der Waals surface area contributed by atoms with Gasteiger partial charge in [0.25, 0.3) is 0 Å². The minimum atomic E-state index is 0.309. The van der Waals surface area contributed by atoms with Crippen LogP contribution >= 0.6 is 0 Å². The lowest BCUT2D eigenvalue weighted by Gasteiger charge is -2.25. The summed E-state index contributed by atoms with van der Waals surface area (Å²) in [7, 11) is 0. The summed E-state index contributed by atoms with van der Waals surface area (Å²) < 4.78 is 5.52. The van der Waals surface area contributed by atoms with E-state index in [4.69, 9.17) is 10.00 Å². The molecule has 2 heterocycles. The van der Waals surface area contributed by atoms with Crippen LogP contribution < -0.4 is 4.74 Å². The standard InChI is InChI=1S/C13H18N4O/c1-11-9-12(10-14)16-13(15-11)18-8-7-17-5-3-2-4-6-17/h9H,2-8H2,1H3. The number of aromatic nitrogens is 2. The van der Waals surface area contributed by atoms with Gasteiger partial charge in [0.2, 0.25) is 0 Å². The second kappa shape index (κ2) is 6.31. The van der Waals surface area contributed by atoms with E-state index >= 15 is 0 Å². The predicted octanol–water partition coefficient (Wildman–Crippen LogP) is 1.52. The van der Waals surface area contributed by atoms with Crippen LogP contribution in [0.5, 0.6) is 6.01 Å². The Morgan fingerprint density at radius 1 is 1.33 bits per heavy atom. The Bertz CT molecular complexity index is 435. The molecular weight excluding hydrogens is 228 g/mol. The topological polar surface area (TPSA) is 62.0 Å². The maximum atomic E-state index is 8.81. The van der Waals surface area contributed by atoms with Crippen molar-refractivity contribution in [3.63, 3.8) is 0 Å². The summed E-state index contributed by atoms with van der Waals surface area (Å²) in [6, 6.07) is 3.97. The van der Waals surface area contributed by atoms with E-state index in [9.17, 15) is 0 Å². The Kier molecular flexibility index (Phi) is 4.48. The number of nitriles is 1. The first-order valence-electron chi connectivity index (χ1n) is 6.39. The predicted molar refractivity (Wildman–Crippen MR) is 67.3 cm³/mol. The number of hydrogen-bond acceptors (Lipinski definition) is 5. The van der Waals surface area contributed by atoms with Gasteiger partial charge >= 0.3 is 6.01 Å². The molecule has 0 aliphatic carbocycles. The molecule has 0 amide bonds. The van der Waals surface area contributed by atoms with E-state index in [0.29, 0.717) is 18.3 Å². The van der Waals surface area contributed by atoms with Crippen LogP contribution in [0.4, 0.5) is 0 Å². The number of likely N-dealkylation sites (tertiary alicyclic amines) is 1. The first-order chi connectivity index (χ1) is 8.78. The normalized spacial score (nSPS) is 16.2. The Labute approximate surface area is 107 Å². The zero-order chi connectivity index (χ0) is 12.8. The number of aryl methyl sites for hydroxylation is 1. The summed E-state index contributed by atoms with van der Waals surface area (Å²) in [4.78, 5) is 10.6. The van der Waals surface area contributed by atoms with E-state index in [0.717, 1.165) is 25.3 Å². The van der Waals surface area contributed by atoms with Gasteiger partial charge < -0.3 is 4.74 Å². The molecule has 96 valence electrons. The monoisotopic (exact) mass is 246 g/mol. The van der Waals surface area contributed by atoms with E-state index in [1.54, 1.807) is 6.07 Å². The maximum Gasteiger partial charge on any atom is 0.317 e. The minimum absolute atomic E-state index is 0.309. The van der Waals surface area contributed by atoms with Gasteiger partial charge in [0.1, 0.15) is 18.4 Å². The maximum absolute atomic E-state index is 8.81. The highest BCUT2D eigenvalue weighted by Crippen LogP contribution is 2.09. The average molecular weight is 246 g/mol.